The van der Waals surface area contributed by atoms with Crippen LogP contribution in [-0.4, -0.2) is 149 Å². The first-order chi connectivity index (χ1) is 24.5. The highest BCUT2D eigenvalue weighted by molar-refractivity contribution is 5.83. The standard InChI is InChI=1S/C38H67NO14/c1-14-26-38(10,46)31(43)21(4)28(41)19(2)16-36(8,45)32(53-35-29(42)25(39(11)12)15-20(3)49-35)22(5)30(23(6)34(44)51-26)52-27-17-37(9,47-13)33(48-18-40)24(7)50-27/h18-27,29-33,35,42-43,45-46H,14-17H2,1-13H3/t19-,20-,21+,22+,23-,24+,25+,26?,27+,29-,30?,31-,32-,33+,35+,36-,37-,38-/m1/s1. The molecule has 0 radical (unpaired) electrons. The summed E-state index contributed by atoms with van der Waals surface area (Å²) in [6, 6.07) is -0.338. The Morgan fingerprint density at radius 2 is 1.55 bits per heavy atom. The van der Waals surface area contributed by atoms with Gasteiger partial charge in [-0.3, -0.25) is 14.4 Å². The van der Waals surface area contributed by atoms with E-state index in [9.17, 15) is 34.8 Å². The van der Waals surface area contributed by atoms with Crippen LogP contribution in [0.4, 0.5) is 0 Å². The van der Waals surface area contributed by atoms with E-state index in [1.54, 1.807) is 41.5 Å². The molecule has 0 aliphatic carbocycles. The van der Waals surface area contributed by atoms with Gasteiger partial charge in [0.15, 0.2) is 18.7 Å². The number of methoxy groups -OCH3 is 1. The topological polar surface area (TPSA) is 200 Å². The highest BCUT2D eigenvalue weighted by Gasteiger charge is 2.54. The predicted octanol–water partition coefficient (Wildman–Crippen LogP) is 1.97. The number of nitrogens with zero attached hydrogens (tertiary/aromatic N) is 1. The number of carbonyl (C=O) groups excluding carboxylic acids is 3. The van der Waals surface area contributed by atoms with Crippen LogP contribution in [0.1, 0.15) is 94.9 Å². The number of cyclic esters (lactones) is 1. The van der Waals surface area contributed by atoms with Crippen LogP contribution in [0.3, 0.4) is 0 Å². The molecule has 53 heavy (non-hydrogen) atoms. The summed E-state index contributed by atoms with van der Waals surface area (Å²) >= 11 is 0. The van der Waals surface area contributed by atoms with Crippen molar-refractivity contribution in [2.45, 2.75) is 179 Å². The molecular formula is C38H67NO14. The molecule has 15 heteroatoms. The maximum atomic E-state index is 14.1. The molecule has 0 aromatic heterocycles. The Kier molecular flexibility index (Phi) is 15.5. The summed E-state index contributed by atoms with van der Waals surface area (Å²) in [7, 11) is 5.16. The Labute approximate surface area is 314 Å². The second-order valence-corrected chi connectivity index (χ2v) is 16.7. The van der Waals surface area contributed by atoms with Crippen LogP contribution in [0.2, 0.25) is 0 Å². The fraction of sp³-hybridized carbons (Fsp3) is 0.921. The van der Waals surface area contributed by atoms with Gasteiger partial charge in [-0.25, -0.2) is 0 Å². The third-order valence-electron chi connectivity index (χ3n) is 12.0. The van der Waals surface area contributed by atoms with E-state index in [-0.39, 0.29) is 31.4 Å². The average molecular weight is 762 g/mol. The lowest BCUT2D eigenvalue weighted by atomic mass is 9.74. The summed E-state index contributed by atoms with van der Waals surface area (Å²) in [5, 5.41) is 46.9. The second-order valence-electron chi connectivity index (χ2n) is 16.7. The lowest BCUT2D eigenvalue weighted by Crippen LogP contribution is -2.61. The predicted molar refractivity (Wildman–Crippen MR) is 191 cm³/mol. The maximum absolute atomic E-state index is 14.1. The monoisotopic (exact) mass is 761 g/mol. The minimum absolute atomic E-state index is 0.0770. The van der Waals surface area contributed by atoms with Crippen LogP contribution >= 0.6 is 0 Å². The first kappa shape index (κ1) is 45.6. The Balaban J connectivity index is 2.19. The Morgan fingerprint density at radius 3 is 2.09 bits per heavy atom. The number of likely N-dealkylation sites (N-methyl/N-ethyl adjacent to an activating group) is 1. The van der Waals surface area contributed by atoms with Crippen LogP contribution in [0.15, 0.2) is 0 Å². The minimum atomic E-state index is -2.01. The van der Waals surface area contributed by atoms with Crippen LogP contribution in [0.25, 0.3) is 0 Å². The van der Waals surface area contributed by atoms with Gasteiger partial charge in [0.25, 0.3) is 6.47 Å². The fourth-order valence-corrected chi connectivity index (χ4v) is 8.71. The lowest BCUT2D eigenvalue weighted by Gasteiger charge is -2.49. The summed E-state index contributed by atoms with van der Waals surface area (Å²) < 4.78 is 42.7. The maximum Gasteiger partial charge on any atom is 0.311 e. The normalized spacial score (nSPS) is 48.2. The molecule has 3 heterocycles. The van der Waals surface area contributed by atoms with Crippen molar-refractivity contribution in [3.63, 3.8) is 0 Å². The van der Waals surface area contributed by atoms with Crippen molar-refractivity contribution >= 4 is 18.2 Å². The number of hydrogen-bond donors (Lipinski definition) is 4. The molecule has 308 valence electrons. The molecule has 3 saturated heterocycles. The zero-order valence-corrected chi connectivity index (χ0v) is 33.9. The van der Waals surface area contributed by atoms with E-state index in [1.165, 1.54) is 27.9 Å². The Morgan fingerprint density at radius 1 is 0.925 bits per heavy atom. The first-order valence-electron chi connectivity index (χ1n) is 18.9. The first-order valence-corrected chi connectivity index (χ1v) is 18.9. The van der Waals surface area contributed by atoms with Gasteiger partial charge in [-0.15, -0.1) is 0 Å². The highest BCUT2D eigenvalue weighted by Crippen LogP contribution is 2.41. The van der Waals surface area contributed by atoms with Crippen LogP contribution in [0, 0.1) is 23.7 Å². The summed E-state index contributed by atoms with van der Waals surface area (Å²) in [5.74, 6) is -5.08. The molecule has 0 bridgehead atoms. The third kappa shape index (κ3) is 9.97. The van der Waals surface area contributed by atoms with Crippen molar-refractivity contribution in [2.24, 2.45) is 23.7 Å². The molecule has 3 aliphatic rings. The number of ether oxygens (including phenoxy) is 7. The quantitative estimate of drug-likeness (QED) is 0.196. The van der Waals surface area contributed by atoms with Crippen molar-refractivity contribution in [1.82, 2.24) is 4.90 Å². The van der Waals surface area contributed by atoms with Gasteiger partial charge in [-0.1, -0.05) is 27.7 Å². The molecule has 0 saturated carbocycles. The molecule has 3 rings (SSSR count). The fourth-order valence-electron chi connectivity index (χ4n) is 8.71. The number of rotatable bonds is 9. The Bertz CT molecular complexity index is 1230. The molecule has 18 atom stereocenters. The van der Waals surface area contributed by atoms with E-state index in [4.69, 9.17) is 33.2 Å². The molecular weight excluding hydrogens is 694 g/mol. The smallest absolute Gasteiger partial charge is 0.311 e. The van der Waals surface area contributed by atoms with E-state index >= 15 is 0 Å². The van der Waals surface area contributed by atoms with Crippen LogP contribution < -0.4 is 0 Å². The number of aliphatic hydroxyl groups is 4. The number of esters is 1. The zero-order chi connectivity index (χ0) is 40.4. The van der Waals surface area contributed by atoms with Crippen molar-refractivity contribution < 1.29 is 68.0 Å². The van der Waals surface area contributed by atoms with Gasteiger partial charge in [0.2, 0.25) is 0 Å². The van der Waals surface area contributed by atoms with Crippen molar-refractivity contribution in [2.75, 3.05) is 21.2 Å². The molecule has 0 spiro atoms. The van der Waals surface area contributed by atoms with Crippen molar-refractivity contribution in [3.05, 3.63) is 0 Å². The molecule has 3 fully saturated rings. The van der Waals surface area contributed by atoms with E-state index in [1.807, 2.05) is 25.9 Å². The van der Waals surface area contributed by atoms with Crippen molar-refractivity contribution in [1.29, 1.82) is 0 Å². The van der Waals surface area contributed by atoms with Gasteiger partial charge in [-0.05, 0) is 74.9 Å². The lowest BCUT2D eigenvalue weighted by molar-refractivity contribution is -0.318. The van der Waals surface area contributed by atoms with E-state index in [0.29, 0.717) is 12.9 Å². The highest BCUT2D eigenvalue weighted by atomic mass is 16.7. The largest absolute Gasteiger partial charge is 0.459 e. The van der Waals surface area contributed by atoms with E-state index in [2.05, 4.69) is 0 Å². The molecule has 4 N–H and O–H groups in total. The van der Waals surface area contributed by atoms with Gasteiger partial charge in [0.05, 0.1) is 42.0 Å². The third-order valence-corrected chi connectivity index (χ3v) is 12.0. The summed E-state index contributed by atoms with van der Waals surface area (Å²) in [6.45, 7) is 16.6. The van der Waals surface area contributed by atoms with Gasteiger partial charge in [-0.2, -0.15) is 0 Å². The average Bonchev–Trinajstić information content (AvgIpc) is 3.08. The molecule has 0 amide bonds. The summed E-state index contributed by atoms with van der Waals surface area (Å²) in [4.78, 5) is 41.2. The molecule has 2 unspecified atom stereocenters. The Hall–Kier alpha value is -1.79. The van der Waals surface area contributed by atoms with Gasteiger partial charge in [0, 0.05) is 37.3 Å². The molecule has 0 aromatic carbocycles. The van der Waals surface area contributed by atoms with Gasteiger partial charge in [0.1, 0.15) is 29.2 Å². The second kappa shape index (κ2) is 18.0. The number of ketones is 1. The number of carbonyl (C=O) groups is 3. The van der Waals surface area contributed by atoms with E-state index < -0.39 is 108 Å². The number of Topliss-reactive ketones (excluding diaryl/α,β-unsaturated/α-hetero) is 1. The van der Waals surface area contributed by atoms with Crippen LogP contribution in [-0.2, 0) is 47.5 Å². The van der Waals surface area contributed by atoms with Gasteiger partial charge < -0.3 is 58.5 Å². The zero-order valence-electron chi connectivity index (χ0n) is 33.9. The van der Waals surface area contributed by atoms with Crippen molar-refractivity contribution in [3.8, 4) is 0 Å². The number of hydrogen-bond acceptors (Lipinski definition) is 15. The van der Waals surface area contributed by atoms with E-state index in [0.717, 1.165) is 0 Å². The molecule has 0 aromatic rings. The minimum Gasteiger partial charge on any atom is -0.459 e. The van der Waals surface area contributed by atoms with Gasteiger partial charge >= 0.3 is 5.97 Å². The molecule has 15 nitrogen and oxygen atoms in total. The van der Waals surface area contributed by atoms with Crippen LogP contribution in [0.5, 0.6) is 0 Å². The number of aliphatic hydroxyl groups excluding tert-OH is 2. The SMILES string of the molecule is CCC1OC(=O)[C@H](C)C(O[C@H]2C[C@@](C)(OC)[C@@H](OC=O)[C@H](C)O2)[C@H](C)[C@@H](O[C@@H]2O[C@H](C)C[C@H](N(C)C)[C@H]2O)[C@](C)(O)C[C@@H](C)C(=O)[C@H](C)[C@@H](O)[C@]1(C)O. The summed E-state index contributed by atoms with van der Waals surface area (Å²) in [5.41, 5.74) is -4.88. The molecule has 3 aliphatic heterocycles. The summed E-state index contributed by atoms with van der Waals surface area (Å²) in [6.07, 6.45) is -9.72.